The number of hydrogen-bond donors (Lipinski definition) is 1. The van der Waals surface area contributed by atoms with Crippen LogP contribution in [0.2, 0.25) is 0 Å². The van der Waals surface area contributed by atoms with Crippen molar-refractivity contribution in [1.29, 1.82) is 0 Å². The van der Waals surface area contributed by atoms with E-state index in [1.165, 1.54) is 16.9 Å². The van der Waals surface area contributed by atoms with Crippen LogP contribution in [0.4, 0.5) is 18.9 Å². The maximum atomic E-state index is 13.2. The third kappa shape index (κ3) is 5.16. The first-order valence-electron chi connectivity index (χ1n) is 9.91. The van der Waals surface area contributed by atoms with Crippen molar-refractivity contribution in [3.05, 3.63) is 53.3 Å². The van der Waals surface area contributed by atoms with E-state index in [0.717, 1.165) is 12.1 Å². The number of nitrogens with one attached hydrogen (secondary N) is 1. The van der Waals surface area contributed by atoms with Crippen LogP contribution in [0.25, 0.3) is 5.82 Å². The molecular formula is C21H22F3N5O3. The van der Waals surface area contributed by atoms with Crippen molar-refractivity contribution in [2.24, 2.45) is 0 Å². The standard InChI is InChI=1S/C21H22F3N5O3/c1-4-10-32-17-7-6-14(21(22,23)24)11-16(17)26-20(30)15-12-25-29(13(15)3)18-8-9-19(28-27-18)31-5-2/h6-9,11-12H,4-5,10H2,1-3H3,(H,26,30). The molecule has 8 nitrogen and oxygen atoms in total. The fourth-order valence-corrected chi connectivity index (χ4v) is 2.85. The Morgan fingerprint density at radius 3 is 2.53 bits per heavy atom. The number of carbonyl (C=O) groups excluding carboxylic acids is 1. The maximum absolute atomic E-state index is 13.2. The highest BCUT2D eigenvalue weighted by Crippen LogP contribution is 2.35. The van der Waals surface area contributed by atoms with E-state index < -0.39 is 17.6 Å². The van der Waals surface area contributed by atoms with Crippen LogP contribution in [0.15, 0.2) is 36.5 Å². The zero-order valence-electron chi connectivity index (χ0n) is 17.7. The molecule has 170 valence electrons. The molecule has 0 saturated carbocycles. The average Bonchev–Trinajstić information content (AvgIpc) is 3.14. The van der Waals surface area contributed by atoms with Gasteiger partial charge in [-0.15, -0.1) is 10.2 Å². The van der Waals surface area contributed by atoms with Crippen molar-refractivity contribution in [3.63, 3.8) is 0 Å². The largest absolute Gasteiger partial charge is 0.491 e. The fraction of sp³-hybridized carbons (Fsp3) is 0.333. The molecule has 0 fully saturated rings. The quantitative estimate of drug-likeness (QED) is 0.547. The smallest absolute Gasteiger partial charge is 0.416 e. The molecule has 3 rings (SSSR count). The number of amides is 1. The minimum absolute atomic E-state index is 0.0775. The number of anilines is 1. The van der Waals surface area contributed by atoms with E-state index in [4.69, 9.17) is 9.47 Å². The third-order valence-corrected chi connectivity index (χ3v) is 4.41. The predicted octanol–water partition coefficient (Wildman–Crippen LogP) is 4.43. The number of benzene rings is 1. The van der Waals surface area contributed by atoms with Gasteiger partial charge in [-0.1, -0.05) is 6.92 Å². The average molecular weight is 449 g/mol. The van der Waals surface area contributed by atoms with E-state index in [1.807, 2.05) is 13.8 Å². The van der Waals surface area contributed by atoms with Crippen LogP contribution in [0.5, 0.6) is 11.6 Å². The van der Waals surface area contributed by atoms with Crippen molar-refractivity contribution in [3.8, 4) is 17.4 Å². The summed E-state index contributed by atoms with van der Waals surface area (Å²) in [5.74, 6) is 0.225. The van der Waals surface area contributed by atoms with Gasteiger partial charge in [0.2, 0.25) is 5.88 Å². The Morgan fingerprint density at radius 2 is 1.91 bits per heavy atom. The second kappa shape index (κ2) is 9.67. The Balaban J connectivity index is 1.87. The highest BCUT2D eigenvalue weighted by Gasteiger charge is 2.31. The van der Waals surface area contributed by atoms with Gasteiger partial charge >= 0.3 is 6.18 Å². The highest BCUT2D eigenvalue weighted by atomic mass is 19.4. The summed E-state index contributed by atoms with van der Waals surface area (Å²) in [5.41, 5.74) is -0.372. The lowest BCUT2D eigenvalue weighted by Crippen LogP contribution is -2.15. The summed E-state index contributed by atoms with van der Waals surface area (Å²) in [6.07, 6.45) is -2.59. The van der Waals surface area contributed by atoms with Gasteiger partial charge in [-0.3, -0.25) is 4.79 Å². The molecule has 3 aromatic rings. The molecule has 1 amide bonds. The summed E-state index contributed by atoms with van der Waals surface area (Å²) in [7, 11) is 0. The molecule has 1 aromatic carbocycles. The molecule has 0 aliphatic heterocycles. The second-order valence-corrected chi connectivity index (χ2v) is 6.73. The van der Waals surface area contributed by atoms with Gasteiger partial charge in [0.05, 0.1) is 41.9 Å². The van der Waals surface area contributed by atoms with Gasteiger partial charge in [0.15, 0.2) is 5.82 Å². The molecule has 0 atom stereocenters. The van der Waals surface area contributed by atoms with Crippen molar-refractivity contribution >= 4 is 11.6 Å². The van der Waals surface area contributed by atoms with Crippen molar-refractivity contribution < 1.29 is 27.4 Å². The topological polar surface area (TPSA) is 91.2 Å². The Hall–Kier alpha value is -3.63. The zero-order chi connectivity index (χ0) is 23.3. The Labute approximate surface area is 182 Å². The molecule has 0 radical (unpaired) electrons. The van der Waals surface area contributed by atoms with E-state index in [2.05, 4.69) is 20.6 Å². The molecule has 0 unspecified atom stereocenters. The van der Waals surface area contributed by atoms with Gasteiger partial charge in [0.1, 0.15) is 5.75 Å². The van der Waals surface area contributed by atoms with Gasteiger partial charge in [-0.2, -0.15) is 18.3 Å². The maximum Gasteiger partial charge on any atom is 0.416 e. The normalized spacial score (nSPS) is 11.3. The Kier molecular flexibility index (Phi) is 6.96. The summed E-state index contributed by atoms with van der Waals surface area (Å²) in [5, 5.41) is 14.6. The molecule has 0 aliphatic carbocycles. The monoisotopic (exact) mass is 449 g/mol. The summed E-state index contributed by atoms with van der Waals surface area (Å²) >= 11 is 0. The molecule has 11 heteroatoms. The summed E-state index contributed by atoms with van der Waals surface area (Å²) < 4.78 is 51.6. The van der Waals surface area contributed by atoms with Crippen molar-refractivity contribution in [2.45, 2.75) is 33.4 Å². The van der Waals surface area contributed by atoms with Crippen molar-refractivity contribution in [2.75, 3.05) is 18.5 Å². The summed E-state index contributed by atoms with van der Waals surface area (Å²) in [6.45, 7) is 6.06. The summed E-state index contributed by atoms with van der Waals surface area (Å²) in [4.78, 5) is 12.8. The SMILES string of the molecule is CCCOc1ccc(C(F)(F)F)cc1NC(=O)c1cnn(-c2ccc(OCC)nn2)c1C. The molecular weight excluding hydrogens is 427 g/mol. The van der Waals surface area contributed by atoms with Gasteiger partial charge in [0, 0.05) is 6.07 Å². The van der Waals surface area contributed by atoms with Crippen LogP contribution >= 0.6 is 0 Å². The number of carbonyl (C=O) groups is 1. The minimum Gasteiger partial charge on any atom is -0.491 e. The number of hydrogen-bond acceptors (Lipinski definition) is 6. The van der Waals surface area contributed by atoms with Gasteiger partial charge in [-0.05, 0) is 44.5 Å². The van der Waals surface area contributed by atoms with Crippen LogP contribution in [0.3, 0.4) is 0 Å². The first kappa shape index (κ1) is 23.0. The molecule has 1 N–H and O–H groups in total. The number of halogens is 3. The second-order valence-electron chi connectivity index (χ2n) is 6.73. The molecule has 32 heavy (non-hydrogen) atoms. The fourth-order valence-electron chi connectivity index (χ4n) is 2.85. The molecule has 0 aliphatic rings. The zero-order valence-corrected chi connectivity index (χ0v) is 17.7. The molecule has 0 spiro atoms. The number of nitrogens with zero attached hydrogens (tertiary/aromatic N) is 4. The van der Waals surface area contributed by atoms with Crippen LogP contribution in [-0.4, -0.2) is 39.1 Å². The van der Waals surface area contributed by atoms with Crippen LogP contribution < -0.4 is 14.8 Å². The minimum atomic E-state index is -4.56. The van der Waals surface area contributed by atoms with Crippen molar-refractivity contribution in [1.82, 2.24) is 20.0 Å². The van der Waals surface area contributed by atoms with Crippen LogP contribution in [0, 0.1) is 6.92 Å². The number of ether oxygens (including phenoxy) is 2. The first-order valence-corrected chi connectivity index (χ1v) is 9.91. The third-order valence-electron chi connectivity index (χ3n) is 4.41. The lowest BCUT2D eigenvalue weighted by Gasteiger charge is -2.15. The molecule has 0 bridgehead atoms. The first-order chi connectivity index (χ1) is 15.2. The van der Waals surface area contributed by atoms with Gasteiger partial charge < -0.3 is 14.8 Å². The van der Waals surface area contributed by atoms with Crippen LogP contribution in [-0.2, 0) is 6.18 Å². The molecule has 2 aromatic heterocycles. The molecule has 2 heterocycles. The van der Waals surface area contributed by atoms with E-state index in [-0.39, 0.29) is 17.0 Å². The summed E-state index contributed by atoms with van der Waals surface area (Å²) in [6, 6.07) is 6.20. The number of rotatable bonds is 8. The van der Waals surface area contributed by atoms with E-state index in [9.17, 15) is 18.0 Å². The lowest BCUT2D eigenvalue weighted by atomic mass is 10.1. The Morgan fingerprint density at radius 1 is 1.12 bits per heavy atom. The predicted molar refractivity (Wildman–Crippen MR) is 110 cm³/mol. The number of alkyl halides is 3. The van der Waals surface area contributed by atoms with E-state index in [1.54, 1.807) is 19.1 Å². The highest BCUT2D eigenvalue weighted by molar-refractivity contribution is 6.05. The van der Waals surface area contributed by atoms with Crippen LogP contribution in [0.1, 0.15) is 41.9 Å². The van der Waals surface area contributed by atoms with E-state index >= 15 is 0 Å². The molecule has 0 saturated heterocycles. The van der Waals surface area contributed by atoms with Gasteiger partial charge in [0.25, 0.3) is 5.91 Å². The van der Waals surface area contributed by atoms with E-state index in [0.29, 0.717) is 37.0 Å². The lowest BCUT2D eigenvalue weighted by molar-refractivity contribution is -0.137. The number of aromatic nitrogens is 4. The Bertz CT molecular complexity index is 1080. The van der Waals surface area contributed by atoms with Gasteiger partial charge in [-0.25, -0.2) is 4.68 Å².